The predicted molar refractivity (Wildman–Crippen MR) is 78.1 cm³/mol. The van der Waals surface area contributed by atoms with Crippen molar-refractivity contribution in [2.24, 2.45) is 0 Å². The molecule has 0 radical (unpaired) electrons. The highest BCUT2D eigenvalue weighted by molar-refractivity contribution is 5.25. The number of nitrogens with one attached hydrogen (secondary N) is 1. The van der Waals surface area contributed by atoms with Crippen LogP contribution < -0.4 is 5.32 Å². The lowest BCUT2D eigenvalue weighted by atomic mass is 9.87. The third kappa shape index (κ3) is 3.33. The molecule has 2 atom stereocenters. The number of likely N-dealkylation sites (tertiary alicyclic amines) is 1. The van der Waals surface area contributed by atoms with Gasteiger partial charge in [-0.25, -0.2) is 0 Å². The Hall–Kier alpha value is -0.860. The van der Waals surface area contributed by atoms with Crippen molar-refractivity contribution in [1.29, 1.82) is 0 Å². The Balaban J connectivity index is 2.08. The van der Waals surface area contributed by atoms with Crippen LogP contribution in [0.2, 0.25) is 0 Å². The summed E-state index contributed by atoms with van der Waals surface area (Å²) >= 11 is 0. The van der Waals surface area contributed by atoms with Crippen LogP contribution in [0.4, 0.5) is 0 Å². The molecule has 1 aromatic carbocycles. The van der Waals surface area contributed by atoms with Gasteiger partial charge in [0.2, 0.25) is 0 Å². The summed E-state index contributed by atoms with van der Waals surface area (Å²) in [6.07, 6.45) is 1.27. The van der Waals surface area contributed by atoms with E-state index in [1.165, 1.54) is 30.6 Å². The molecule has 0 bridgehead atoms. The van der Waals surface area contributed by atoms with E-state index < -0.39 is 0 Å². The van der Waals surface area contributed by atoms with Gasteiger partial charge in [0, 0.05) is 19.1 Å². The van der Waals surface area contributed by atoms with E-state index in [1.54, 1.807) is 0 Å². The van der Waals surface area contributed by atoms with Crippen LogP contribution in [0.25, 0.3) is 0 Å². The highest BCUT2D eigenvalue weighted by Gasteiger charge is 2.26. The van der Waals surface area contributed by atoms with Gasteiger partial charge in [0.05, 0.1) is 0 Å². The van der Waals surface area contributed by atoms with Crippen LogP contribution in [0.3, 0.4) is 0 Å². The summed E-state index contributed by atoms with van der Waals surface area (Å²) in [5.41, 5.74) is 2.85. The molecule has 2 rings (SSSR count). The van der Waals surface area contributed by atoms with E-state index in [4.69, 9.17) is 0 Å². The maximum Gasteiger partial charge on any atom is 0.0201 e. The maximum atomic E-state index is 3.62. The number of likely N-dealkylation sites (N-methyl/N-ethyl adjacent to an activating group) is 2. The molecule has 18 heavy (non-hydrogen) atoms. The maximum absolute atomic E-state index is 3.62. The molecule has 0 saturated carbocycles. The number of rotatable bonds is 4. The summed E-state index contributed by atoms with van der Waals surface area (Å²) in [5.74, 6) is 0.684. The molecule has 1 aliphatic heterocycles. The third-order valence-electron chi connectivity index (χ3n) is 4.01. The Morgan fingerprint density at radius 2 is 1.89 bits per heavy atom. The van der Waals surface area contributed by atoms with Crippen LogP contribution in [0.5, 0.6) is 0 Å². The zero-order chi connectivity index (χ0) is 13.0. The molecule has 2 unspecified atom stereocenters. The molecule has 0 spiro atoms. The summed E-state index contributed by atoms with van der Waals surface area (Å²) in [7, 11) is 0. The Bertz CT molecular complexity index is 358. The van der Waals surface area contributed by atoms with Crippen LogP contribution in [-0.4, -0.2) is 37.1 Å². The molecule has 100 valence electrons. The first-order valence-electron chi connectivity index (χ1n) is 7.25. The molecule has 0 amide bonds. The molecule has 1 heterocycles. The molecule has 2 heteroatoms. The first-order chi connectivity index (χ1) is 8.72. The zero-order valence-corrected chi connectivity index (χ0v) is 11.9. The van der Waals surface area contributed by atoms with Crippen molar-refractivity contribution in [2.75, 3.05) is 26.2 Å². The van der Waals surface area contributed by atoms with E-state index in [-0.39, 0.29) is 0 Å². The third-order valence-corrected chi connectivity index (χ3v) is 4.01. The molecule has 0 aliphatic carbocycles. The SMILES string of the molecule is CCNC1CC(c2ccc(C)cc2)CN(CC)C1. The number of benzene rings is 1. The number of aryl methyl sites for hydroxylation is 1. The van der Waals surface area contributed by atoms with Crippen LogP contribution in [-0.2, 0) is 0 Å². The van der Waals surface area contributed by atoms with E-state index in [9.17, 15) is 0 Å². The van der Waals surface area contributed by atoms with Gasteiger partial charge >= 0.3 is 0 Å². The van der Waals surface area contributed by atoms with E-state index in [0.29, 0.717) is 12.0 Å². The van der Waals surface area contributed by atoms with Gasteiger partial charge in [-0.15, -0.1) is 0 Å². The lowest BCUT2D eigenvalue weighted by molar-refractivity contribution is 0.180. The normalized spacial score (nSPS) is 25.3. The first-order valence-corrected chi connectivity index (χ1v) is 7.25. The molecule has 1 N–H and O–H groups in total. The van der Waals surface area contributed by atoms with E-state index in [1.807, 2.05) is 0 Å². The largest absolute Gasteiger partial charge is 0.313 e. The van der Waals surface area contributed by atoms with Gasteiger partial charge in [0.25, 0.3) is 0 Å². The van der Waals surface area contributed by atoms with Gasteiger partial charge in [0.15, 0.2) is 0 Å². The van der Waals surface area contributed by atoms with E-state index >= 15 is 0 Å². The second kappa shape index (κ2) is 6.35. The second-order valence-corrected chi connectivity index (χ2v) is 5.45. The van der Waals surface area contributed by atoms with E-state index in [2.05, 4.69) is 55.3 Å². The fourth-order valence-electron chi connectivity index (χ4n) is 2.97. The van der Waals surface area contributed by atoms with Gasteiger partial charge in [-0.05, 0) is 37.9 Å². The average molecular weight is 246 g/mol. The van der Waals surface area contributed by atoms with Crippen LogP contribution >= 0.6 is 0 Å². The quantitative estimate of drug-likeness (QED) is 0.879. The molecule has 0 aromatic heterocycles. The van der Waals surface area contributed by atoms with Gasteiger partial charge in [0.1, 0.15) is 0 Å². The fourth-order valence-corrected chi connectivity index (χ4v) is 2.97. The molecule has 1 fully saturated rings. The Labute approximate surface area is 111 Å². The van der Waals surface area contributed by atoms with Crippen LogP contribution in [0, 0.1) is 6.92 Å². The minimum atomic E-state index is 0.648. The summed E-state index contributed by atoms with van der Waals surface area (Å²) in [6, 6.07) is 9.74. The molecular formula is C16H26N2. The van der Waals surface area contributed by atoms with Crippen molar-refractivity contribution in [3.05, 3.63) is 35.4 Å². The fraction of sp³-hybridized carbons (Fsp3) is 0.625. The number of hydrogen-bond donors (Lipinski definition) is 1. The minimum Gasteiger partial charge on any atom is -0.313 e. The topological polar surface area (TPSA) is 15.3 Å². The summed E-state index contributed by atoms with van der Waals surface area (Å²) in [6.45, 7) is 11.3. The van der Waals surface area contributed by atoms with Crippen molar-refractivity contribution in [3.8, 4) is 0 Å². The van der Waals surface area contributed by atoms with Gasteiger partial charge in [-0.1, -0.05) is 43.7 Å². The zero-order valence-electron chi connectivity index (χ0n) is 11.9. The lowest BCUT2D eigenvalue weighted by Crippen LogP contribution is -2.48. The highest BCUT2D eigenvalue weighted by Crippen LogP contribution is 2.27. The molecule has 2 nitrogen and oxygen atoms in total. The average Bonchev–Trinajstić information content (AvgIpc) is 2.39. The van der Waals surface area contributed by atoms with Crippen molar-refractivity contribution in [3.63, 3.8) is 0 Å². The highest BCUT2D eigenvalue weighted by atomic mass is 15.2. The monoisotopic (exact) mass is 246 g/mol. The number of hydrogen-bond acceptors (Lipinski definition) is 2. The molecule has 1 aromatic rings. The second-order valence-electron chi connectivity index (χ2n) is 5.45. The number of nitrogens with zero attached hydrogens (tertiary/aromatic N) is 1. The summed E-state index contributed by atoms with van der Waals surface area (Å²) in [5, 5.41) is 3.62. The van der Waals surface area contributed by atoms with Gasteiger partial charge < -0.3 is 10.2 Å². The first kappa shape index (κ1) is 13.6. The molecular weight excluding hydrogens is 220 g/mol. The predicted octanol–water partition coefficient (Wildman–Crippen LogP) is 2.78. The Kier molecular flexibility index (Phi) is 4.79. The Morgan fingerprint density at radius 3 is 2.50 bits per heavy atom. The van der Waals surface area contributed by atoms with Crippen molar-refractivity contribution in [1.82, 2.24) is 10.2 Å². The minimum absolute atomic E-state index is 0.648. The van der Waals surface area contributed by atoms with Crippen molar-refractivity contribution < 1.29 is 0 Å². The smallest absolute Gasteiger partial charge is 0.0201 e. The summed E-state index contributed by atoms with van der Waals surface area (Å²) < 4.78 is 0. The van der Waals surface area contributed by atoms with Gasteiger partial charge in [-0.3, -0.25) is 0 Å². The lowest BCUT2D eigenvalue weighted by Gasteiger charge is -2.38. The molecule has 1 saturated heterocycles. The van der Waals surface area contributed by atoms with E-state index in [0.717, 1.165) is 13.1 Å². The van der Waals surface area contributed by atoms with Crippen molar-refractivity contribution in [2.45, 2.75) is 39.2 Å². The van der Waals surface area contributed by atoms with Crippen LogP contribution in [0.15, 0.2) is 24.3 Å². The summed E-state index contributed by atoms with van der Waals surface area (Å²) in [4.78, 5) is 2.57. The van der Waals surface area contributed by atoms with Crippen LogP contribution in [0.1, 0.15) is 37.3 Å². The van der Waals surface area contributed by atoms with Crippen molar-refractivity contribution >= 4 is 0 Å². The molecule has 1 aliphatic rings. The van der Waals surface area contributed by atoms with Gasteiger partial charge in [-0.2, -0.15) is 0 Å². The Morgan fingerprint density at radius 1 is 1.17 bits per heavy atom. The number of piperidine rings is 1. The standard InChI is InChI=1S/C16H26N2/c1-4-17-16-10-15(11-18(5-2)12-16)14-8-6-13(3)7-9-14/h6-9,15-17H,4-5,10-12H2,1-3H3.